The minimum Gasteiger partial charge on any atom is -0.478 e. The summed E-state index contributed by atoms with van der Waals surface area (Å²) < 4.78 is 0. The van der Waals surface area contributed by atoms with Crippen LogP contribution in [-0.4, -0.2) is 38.3 Å². The van der Waals surface area contributed by atoms with Gasteiger partial charge in [0.25, 0.3) is 0 Å². The van der Waals surface area contributed by atoms with Gasteiger partial charge in [0, 0.05) is 12.7 Å². The van der Waals surface area contributed by atoms with Gasteiger partial charge < -0.3 is 15.3 Å². The average molecular weight is 334 g/mol. The highest BCUT2D eigenvalue weighted by Crippen LogP contribution is 2.25. The minimum atomic E-state index is -1.05. The molecule has 0 aromatic heterocycles. The Morgan fingerprint density at radius 3 is 2.39 bits per heavy atom. The number of hydrogen-bond acceptors (Lipinski definition) is 5. The second-order valence-corrected chi connectivity index (χ2v) is 6.54. The van der Waals surface area contributed by atoms with Gasteiger partial charge in [0.05, 0.1) is 11.7 Å². The van der Waals surface area contributed by atoms with Gasteiger partial charge in [0.2, 0.25) is 0 Å². The number of carbonyl (C=O) groups excluding carboxylic acids is 1. The third kappa shape index (κ3) is 4.54. The molecule has 0 saturated heterocycles. The molecule has 0 amide bonds. The first-order valence-corrected chi connectivity index (χ1v) is 8.13. The number of carbonyl (C=O) groups is 2. The third-order valence-electron chi connectivity index (χ3n) is 3.54. The van der Waals surface area contributed by atoms with Crippen LogP contribution in [-0.2, 0) is 4.79 Å². The van der Waals surface area contributed by atoms with Crippen molar-refractivity contribution in [1.29, 1.82) is 0 Å². The maximum absolute atomic E-state index is 11.0. The molecule has 0 spiro atoms. The van der Waals surface area contributed by atoms with E-state index < -0.39 is 18.2 Å². The van der Waals surface area contributed by atoms with Crippen molar-refractivity contribution in [2.45, 2.75) is 25.6 Å². The summed E-state index contributed by atoms with van der Waals surface area (Å²) in [5.41, 5.74) is 0.757. The fraction of sp³-hybridized carbons (Fsp3) is 0.294. The average Bonchev–Trinajstić information content (AvgIpc) is 2.52. The predicted octanol–water partition coefficient (Wildman–Crippen LogP) is 2.60. The molecule has 0 saturated carbocycles. The van der Waals surface area contributed by atoms with E-state index in [2.05, 4.69) is 0 Å². The maximum atomic E-state index is 11.0. The molecule has 0 aliphatic carbocycles. The number of aliphatic hydroxyl groups excluding tert-OH is 2. The summed E-state index contributed by atoms with van der Waals surface area (Å²) in [4.78, 5) is 21.8. The number of carboxylic acid groups (broad SMARTS) is 1. The second-order valence-electron chi connectivity index (χ2n) is 5.27. The molecule has 0 bridgehead atoms. The minimum absolute atomic E-state index is 0.0216. The summed E-state index contributed by atoms with van der Waals surface area (Å²) >= 11 is 1.11. The number of thioether (sulfide) groups is 1. The fourth-order valence-electron chi connectivity index (χ4n) is 2.28. The second kappa shape index (κ2) is 7.59. The fourth-order valence-corrected chi connectivity index (χ4v) is 2.93. The van der Waals surface area contributed by atoms with Crippen LogP contribution in [0.3, 0.4) is 0 Å². The van der Waals surface area contributed by atoms with E-state index in [1.807, 2.05) is 0 Å². The maximum Gasteiger partial charge on any atom is 0.335 e. The Labute approximate surface area is 137 Å². The Kier molecular flexibility index (Phi) is 5.76. The van der Waals surface area contributed by atoms with E-state index in [9.17, 15) is 19.8 Å². The predicted molar refractivity (Wildman–Crippen MR) is 89.6 cm³/mol. The van der Waals surface area contributed by atoms with E-state index in [-0.39, 0.29) is 10.7 Å². The number of benzene rings is 2. The lowest BCUT2D eigenvalue weighted by Gasteiger charge is -2.18. The van der Waals surface area contributed by atoms with Crippen molar-refractivity contribution in [3.63, 3.8) is 0 Å². The van der Waals surface area contributed by atoms with Crippen LogP contribution in [0.5, 0.6) is 0 Å². The van der Waals surface area contributed by atoms with Crippen LogP contribution in [0.1, 0.15) is 35.4 Å². The van der Waals surface area contributed by atoms with E-state index in [1.165, 1.54) is 13.0 Å². The standard InChI is InChI=1S/C17H18O5S/c1-10(18)23-7-6-15(19)16(20)13-4-2-12-9-14(17(21)22)5-3-11(12)8-13/h2-5,8-9,15-16,19-20H,6-7H2,1H3,(H,21,22). The molecule has 2 aromatic rings. The molecule has 0 fully saturated rings. The Balaban J connectivity index is 2.14. The van der Waals surface area contributed by atoms with Gasteiger partial charge in [-0.1, -0.05) is 30.0 Å². The van der Waals surface area contributed by atoms with Gasteiger partial charge in [0.15, 0.2) is 5.12 Å². The number of aliphatic hydroxyl groups is 2. The monoisotopic (exact) mass is 334 g/mol. The lowest BCUT2D eigenvalue weighted by atomic mass is 9.98. The summed E-state index contributed by atoms with van der Waals surface area (Å²) in [6.07, 6.45) is -1.70. The van der Waals surface area contributed by atoms with Crippen molar-refractivity contribution < 1.29 is 24.9 Å². The molecule has 122 valence electrons. The van der Waals surface area contributed by atoms with E-state index >= 15 is 0 Å². The molecule has 2 aromatic carbocycles. The summed E-state index contributed by atoms with van der Waals surface area (Å²) in [6, 6.07) is 9.85. The zero-order valence-electron chi connectivity index (χ0n) is 12.6. The Morgan fingerprint density at radius 2 is 1.74 bits per heavy atom. The van der Waals surface area contributed by atoms with Crippen molar-refractivity contribution in [3.05, 3.63) is 47.5 Å². The highest BCUT2D eigenvalue weighted by atomic mass is 32.2. The van der Waals surface area contributed by atoms with Crippen LogP contribution >= 0.6 is 11.8 Å². The lowest BCUT2D eigenvalue weighted by molar-refractivity contribution is -0.109. The highest BCUT2D eigenvalue weighted by Gasteiger charge is 2.18. The van der Waals surface area contributed by atoms with Gasteiger partial charge in [0.1, 0.15) is 6.10 Å². The number of fused-ring (bicyclic) bond motifs is 1. The molecule has 2 rings (SSSR count). The van der Waals surface area contributed by atoms with Crippen molar-refractivity contribution in [1.82, 2.24) is 0 Å². The van der Waals surface area contributed by atoms with Crippen LogP contribution < -0.4 is 0 Å². The molecule has 5 nitrogen and oxygen atoms in total. The molecule has 0 heterocycles. The topological polar surface area (TPSA) is 94.8 Å². The Morgan fingerprint density at radius 1 is 1.09 bits per heavy atom. The summed E-state index contributed by atoms with van der Waals surface area (Å²) in [7, 11) is 0. The Bertz CT molecular complexity index is 728. The third-order valence-corrected chi connectivity index (χ3v) is 4.38. The molecule has 2 atom stereocenters. The number of hydrogen-bond donors (Lipinski definition) is 3. The van der Waals surface area contributed by atoms with Crippen LogP contribution in [0.4, 0.5) is 0 Å². The highest BCUT2D eigenvalue weighted by molar-refractivity contribution is 8.13. The zero-order chi connectivity index (χ0) is 17.0. The molecule has 6 heteroatoms. The van der Waals surface area contributed by atoms with Crippen LogP contribution in [0.15, 0.2) is 36.4 Å². The van der Waals surface area contributed by atoms with E-state index in [1.54, 1.807) is 30.3 Å². The van der Waals surface area contributed by atoms with Crippen molar-refractivity contribution >= 4 is 33.6 Å². The van der Waals surface area contributed by atoms with Crippen molar-refractivity contribution in [2.24, 2.45) is 0 Å². The van der Waals surface area contributed by atoms with E-state index in [0.29, 0.717) is 17.7 Å². The van der Waals surface area contributed by atoms with Gasteiger partial charge in [-0.3, -0.25) is 4.79 Å². The van der Waals surface area contributed by atoms with E-state index in [4.69, 9.17) is 5.11 Å². The molecule has 2 unspecified atom stereocenters. The largest absolute Gasteiger partial charge is 0.478 e. The van der Waals surface area contributed by atoms with E-state index in [0.717, 1.165) is 22.5 Å². The van der Waals surface area contributed by atoms with Gasteiger partial charge in [-0.25, -0.2) is 4.79 Å². The lowest BCUT2D eigenvalue weighted by Crippen LogP contribution is -2.19. The van der Waals surface area contributed by atoms with Crippen LogP contribution in [0.25, 0.3) is 10.8 Å². The summed E-state index contributed by atoms with van der Waals surface area (Å²) in [5, 5.41) is 30.7. The number of aromatic carboxylic acids is 1. The number of rotatable bonds is 6. The van der Waals surface area contributed by atoms with Gasteiger partial charge in [-0.2, -0.15) is 0 Å². The molecular formula is C17H18O5S. The Hall–Kier alpha value is -1.89. The van der Waals surface area contributed by atoms with Gasteiger partial charge >= 0.3 is 5.97 Å². The van der Waals surface area contributed by atoms with Crippen molar-refractivity contribution in [2.75, 3.05) is 5.75 Å². The van der Waals surface area contributed by atoms with Crippen LogP contribution in [0.2, 0.25) is 0 Å². The normalized spacial score (nSPS) is 13.7. The smallest absolute Gasteiger partial charge is 0.335 e. The number of carboxylic acids is 1. The first-order valence-electron chi connectivity index (χ1n) is 7.15. The summed E-state index contributed by atoms with van der Waals surface area (Å²) in [6.45, 7) is 1.46. The zero-order valence-corrected chi connectivity index (χ0v) is 13.4. The molecule has 3 N–H and O–H groups in total. The van der Waals surface area contributed by atoms with Gasteiger partial charge in [-0.15, -0.1) is 0 Å². The quantitative estimate of drug-likeness (QED) is 0.752. The molecule has 0 aliphatic heterocycles. The first-order chi connectivity index (χ1) is 10.9. The molecule has 0 radical (unpaired) electrons. The molecule has 0 aliphatic rings. The first kappa shape index (κ1) is 17.5. The van der Waals surface area contributed by atoms with Crippen LogP contribution in [0, 0.1) is 0 Å². The van der Waals surface area contributed by atoms with Gasteiger partial charge in [-0.05, 0) is 41.0 Å². The molecular weight excluding hydrogens is 316 g/mol. The molecule has 23 heavy (non-hydrogen) atoms. The van der Waals surface area contributed by atoms with Crippen molar-refractivity contribution in [3.8, 4) is 0 Å². The SMILES string of the molecule is CC(=O)SCCC(O)C(O)c1ccc2cc(C(=O)O)ccc2c1. The summed E-state index contributed by atoms with van der Waals surface area (Å²) in [5.74, 6) is -0.544.